The minimum Gasteiger partial charge on any atom is -0.322 e. The monoisotopic (exact) mass is 200 g/mol. The van der Waals surface area contributed by atoms with Crippen molar-refractivity contribution >= 4 is 5.91 Å². The van der Waals surface area contributed by atoms with E-state index in [0.29, 0.717) is 13.0 Å². The van der Waals surface area contributed by atoms with Gasteiger partial charge in [0.2, 0.25) is 5.91 Å². The zero-order chi connectivity index (χ0) is 10.8. The third-order valence-electron chi connectivity index (χ3n) is 2.80. The number of hydrogen-bond acceptors (Lipinski definition) is 2. The maximum Gasteiger partial charge on any atom is 0.220 e. The molecule has 0 fully saturated rings. The van der Waals surface area contributed by atoms with E-state index in [9.17, 15) is 4.79 Å². The number of rotatable bonds is 0. The average molecular weight is 200 g/mol. The summed E-state index contributed by atoms with van der Waals surface area (Å²) < 4.78 is 0. The molecule has 1 aromatic rings. The Kier molecular flexibility index (Phi) is 2.42. The van der Waals surface area contributed by atoms with Gasteiger partial charge in [0, 0.05) is 19.9 Å². The van der Waals surface area contributed by atoms with Crippen molar-refractivity contribution in [1.82, 2.24) is 4.90 Å². The van der Waals surface area contributed by atoms with Crippen LogP contribution in [0.25, 0.3) is 0 Å². The molecular weight excluding hydrogens is 188 g/mol. The largest absolute Gasteiger partial charge is 0.322 e. The molecule has 76 valence electrons. The molecule has 1 heterocycles. The van der Waals surface area contributed by atoms with Crippen molar-refractivity contribution in [3.63, 3.8) is 0 Å². The highest BCUT2D eigenvalue weighted by atomic mass is 16.2. The molecule has 1 atom stereocenters. The summed E-state index contributed by atoms with van der Waals surface area (Å²) in [5, 5.41) is 8.99. The van der Waals surface area contributed by atoms with Crippen LogP contribution in [0.4, 0.5) is 0 Å². The lowest BCUT2D eigenvalue weighted by Crippen LogP contribution is -2.42. The topological polar surface area (TPSA) is 44.1 Å². The Morgan fingerprint density at radius 2 is 2.13 bits per heavy atom. The van der Waals surface area contributed by atoms with Crippen LogP contribution in [-0.4, -0.2) is 16.8 Å². The van der Waals surface area contributed by atoms with E-state index in [-0.39, 0.29) is 11.9 Å². The van der Waals surface area contributed by atoms with Crippen LogP contribution in [0, 0.1) is 11.3 Å². The standard InChI is InChI=1S/C12H12N2O/c1-9(15)14-8-11-5-3-2-4-10(11)6-12(14)7-13/h2-5,12H,6,8H2,1H3. The van der Waals surface area contributed by atoms with Crippen molar-refractivity contribution < 1.29 is 4.79 Å². The summed E-state index contributed by atoms with van der Waals surface area (Å²) >= 11 is 0. The van der Waals surface area contributed by atoms with E-state index in [2.05, 4.69) is 6.07 Å². The lowest BCUT2D eigenvalue weighted by molar-refractivity contribution is -0.131. The Morgan fingerprint density at radius 1 is 1.47 bits per heavy atom. The van der Waals surface area contributed by atoms with E-state index < -0.39 is 0 Å². The second-order valence-corrected chi connectivity index (χ2v) is 3.76. The van der Waals surface area contributed by atoms with Crippen molar-refractivity contribution in [3.8, 4) is 6.07 Å². The SMILES string of the molecule is CC(=O)N1Cc2ccccc2CC1C#N. The summed E-state index contributed by atoms with van der Waals surface area (Å²) in [6.45, 7) is 2.07. The Hall–Kier alpha value is -1.82. The second-order valence-electron chi connectivity index (χ2n) is 3.76. The Morgan fingerprint density at radius 3 is 2.73 bits per heavy atom. The van der Waals surface area contributed by atoms with E-state index in [1.54, 1.807) is 4.90 Å². The normalized spacial score (nSPS) is 19.2. The number of carbonyl (C=O) groups excluding carboxylic acids is 1. The second kappa shape index (κ2) is 3.74. The predicted molar refractivity (Wildman–Crippen MR) is 55.8 cm³/mol. The van der Waals surface area contributed by atoms with Crippen LogP contribution < -0.4 is 0 Å². The van der Waals surface area contributed by atoms with Gasteiger partial charge in [-0.2, -0.15) is 5.26 Å². The molecule has 0 N–H and O–H groups in total. The van der Waals surface area contributed by atoms with Gasteiger partial charge in [0.15, 0.2) is 0 Å². The molecule has 1 aliphatic rings. The van der Waals surface area contributed by atoms with Crippen LogP contribution in [-0.2, 0) is 17.8 Å². The third kappa shape index (κ3) is 1.71. The van der Waals surface area contributed by atoms with Crippen molar-refractivity contribution in [2.45, 2.75) is 25.9 Å². The van der Waals surface area contributed by atoms with E-state index in [0.717, 1.165) is 5.56 Å². The fraction of sp³-hybridized carbons (Fsp3) is 0.333. The summed E-state index contributed by atoms with van der Waals surface area (Å²) in [6.07, 6.45) is 0.645. The minimum absolute atomic E-state index is 0.0314. The van der Waals surface area contributed by atoms with Gasteiger partial charge < -0.3 is 4.90 Å². The molecule has 0 bridgehead atoms. The van der Waals surface area contributed by atoms with E-state index in [4.69, 9.17) is 5.26 Å². The summed E-state index contributed by atoms with van der Waals surface area (Å²) in [5.74, 6) is -0.0314. The van der Waals surface area contributed by atoms with Crippen molar-refractivity contribution in [1.29, 1.82) is 5.26 Å². The average Bonchev–Trinajstić information content (AvgIpc) is 2.27. The molecule has 0 radical (unpaired) electrons. The van der Waals surface area contributed by atoms with Crippen molar-refractivity contribution in [3.05, 3.63) is 35.4 Å². The molecule has 2 rings (SSSR count). The van der Waals surface area contributed by atoms with E-state index in [1.807, 2.05) is 24.3 Å². The number of amides is 1. The van der Waals surface area contributed by atoms with Crippen LogP contribution in [0.2, 0.25) is 0 Å². The lowest BCUT2D eigenvalue weighted by Gasteiger charge is -2.32. The molecular formula is C12H12N2O. The number of benzene rings is 1. The maximum absolute atomic E-state index is 11.4. The highest BCUT2D eigenvalue weighted by Gasteiger charge is 2.27. The molecule has 1 aromatic carbocycles. The molecule has 3 heteroatoms. The molecule has 0 saturated carbocycles. The molecule has 0 spiro atoms. The highest BCUT2D eigenvalue weighted by Crippen LogP contribution is 2.22. The van der Waals surface area contributed by atoms with Gasteiger partial charge in [-0.25, -0.2) is 0 Å². The number of fused-ring (bicyclic) bond motifs is 1. The van der Waals surface area contributed by atoms with Crippen molar-refractivity contribution in [2.24, 2.45) is 0 Å². The van der Waals surface area contributed by atoms with Gasteiger partial charge in [-0.3, -0.25) is 4.79 Å². The van der Waals surface area contributed by atoms with Crippen LogP contribution in [0.3, 0.4) is 0 Å². The zero-order valence-electron chi connectivity index (χ0n) is 8.60. The predicted octanol–water partition coefficient (Wildman–Crippen LogP) is 1.48. The molecule has 1 aliphatic heterocycles. The first kappa shape index (κ1) is 9.72. The van der Waals surface area contributed by atoms with Crippen LogP contribution in [0.5, 0.6) is 0 Å². The molecule has 15 heavy (non-hydrogen) atoms. The number of nitriles is 1. The molecule has 1 amide bonds. The molecule has 0 saturated heterocycles. The van der Waals surface area contributed by atoms with Gasteiger partial charge in [0.25, 0.3) is 0 Å². The van der Waals surface area contributed by atoms with Crippen molar-refractivity contribution in [2.75, 3.05) is 0 Å². The van der Waals surface area contributed by atoms with Gasteiger partial charge in [-0.05, 0) is 11.1 Å². The van der Waals surface area contributed by atoms with Crippen LogP contribution in [0.15, 0.2) is 24.3 Å². The smallest absolute Gasteiger partial charge is 0.220 e. The Labute approximate surface area is 88.9 Å². The van der Waals surface area contributed by atoms with E-state index >= 15 is 0 Å². The third-order valence-corrected chi connectivity index (χ3v) is 2.80. The summed E-state index contributed by atoms with van der Waals surface area (Å²) in [5.41, 5.74) is 2.33. The molecule has 0 aromatic heterocycles. The molecule has 3 nitrogen and oxygen atoms in total. The molecule has 1 unspecified atom stereocenters. The summed E-state index contributed by atoms with van der Waals surface area (Å²) in [6, 6.07) is 9.84. The Bertz CT molecular complexity index is 433. The summed E-state index contributed by atoms with van der Waals surface area (Å²) in [7, 11) is 0. The maximum atomic E-state index is 11.4. The minimum atomic E-state index is -0.308. The number of nitrogens with zero attached hydrogens (tertiary/aromatic N) is 2. The van der Waals surface area contributed by atoms with Gasteiger partial charge in [0.1, 0.15) is 6.04 Å². The fourth-order valence-electron chi connectivity index (χ4n) is 1.97. The lowest BCUT2D eigenvalue weighted by atomic mass is 9.95. The first-order chi connectivity index (χ1) is 7.22. The summed E-state index contributed by atoms with van der Waals surface area (Å²) in [4.78, 5) is 13.0. The number of carbonyl (C=O) groups is 1. The Balaban J connectivity index is 2.36. The number of hydrogen-bond donors (Lipinski definition) is 0. The zero-order valence-corrected chi connectivity index (χ0v) is 8.60. The van der Waals surface area contributed by atoms with Gasteiger partial charge in [-0.1, -0.05) is 24.3 Å². The first-order valence-corrected chi connectivity index (χ1v) is 4.96. The van der Waals surface area contributed by atoms with Crippen LogP contribution >= 0.6 is 0 Å². The van der Waals surface area contributed by atoms with Crippen LogP contribution in [0.1, 0.15) is 18.1 Å². The highest BCUT2D eigenvalue weighted by molar-refractivity contribution is 5.74. The van der Waals surface area contributed by atoms with Gasteiger partial charge >= 0.3 is 0 Å². The van der Waals surface area contributed by atoms with Gasteiger partial charge in [0.05, 0.1) is 6.07 Å². The first-order valence-electron chi connectivity index (χ1n) is 4.96. The quantitative estimate of drug-likeness (QED) is 0.636. The van der Waals surface area contributed by atoms with Gasteiger partial charge in [-0.15, -0.1) is 0 Å². The fourth-order valence-corrected chi connectivity index (χ4v) is 1.97. The van der Waals surface area contributed by atoms with E-state index in [1.165, 1.54) is 12.5 Å². The molecule has 0 aliphatic carbocycles.